The summed E-state index contributed by atoms with van der Waals surface area (Å²) in [6, 6.07) is 111. The fourth-order valence-corrected chi connectivity index (χ4v) is 13.9. The lowest BCUT2D eigenvalue weighted by Crippen LogP contribution is -2.34. The summed E-state index contributed by atoms with van der Waals surface area (Å²) >= 11 is 0. The maximum absolute atomic E-state index is 7.36. The van der Waals surface area contributed by atoms with Gasteiger partial charge in [-0.05, 0) is 124 Å². The van der Waals surface area contributed by atoms with Crippen molar-refractivity contribution in [3.8, 4) is 56.4 Å². The first-order valence-corrected chi connectivity index (χ1v) is 27.6. The van der Waals surface area contributed by atoms with E-state index in [0.717, 1.165) is 94.6 Å². The number of para-hydroxylation sites is 4. The van der Waals surface area contributed by atoms with Crippen LogP contribution in [0.3, 0.4) is 0 Å². The van der Waals surface area contributed by atoms with Gasteiger partial charge in [0.15, 0.2) is 0 Å². The molecular formula is C78H50O2. The van der Waals surface area contributed by atoms with Gasteiger partial charge < -0.3 is 9.47 Å². The minimum absolute atomic E-state index is 0.673. The summed E-state index contributed by atoms with van der Waals surface area (Å²) in [6.07, 6.45) is 0. The molecule has 0 aromatic heterocycles. The summed E-state index contributed by atoms with van der Waals surface area (Å²) in [5, 5.41) is 9.43. The summed E-state index contributed by atoms with van der Waals surface area (Å²) < 4.78 is 14.7. The molecule has 0 fully saturated rings. The summed E-state index contributed by atoms with van der Waals surface area (Å²) in [5.74, 6) is 3.38. The molecule has 80 heavy (non-hydrogen) atoms. The van der Waals surface area contributed by atoms with Crippen LogP contribution in [-0.4, -0.2) is 0 Å². The zero-order chi connectivity index (χ0) is 52.8. The first-order valence-electron chi connectivity index (χ1n) is 27.6. The van der Waals surface area contributed by atoms with Crippen LogP contribution < -0.4 is 9.47 Å². The van der Waals surface area contributed by atoms with E-state index in [-0.39, 0.29) is 0 Å². The highest BCUT2D eigenvalue weighted by molar-refractivity contribution is 6.20. The van der Waals surface area contributed by atoms with E-state index in [4.69, 9.17) is 9.47 Å². The van der Waals surface area contributed by atoms with E-state index >= 15 is 0 Å². The Kier molecular flexibility index (Phi) is 10.4. The van der Waals surface area contributed by atoms with Crippen LogP contribution in [-0.2, 0) is 10.8 Å². The van der Waals surface area contributed by atoms with E-state index in [1.807, 2.05) is 0 Å². The van der Waals surface area contributed by atoms with E-state index in [2.05, 4.69) is 303 Å². The molecule has 16 rings (SSSR count). The Morgan fingerprint density at radius 2 is 0.588 bits per heavy atom. The Bertz CT molecular complexity index is 4430. The number of benzene rings is 14. The molecule has 0 atom stereocenters. The first kappa shape index (κ1) is 45.9. The second-order valence-electron chi connectivity index (χ2n) is 21.3. The Hall–Kier alpha value is -10.3. The van der Waals surface area contributed by atoms with Gasteiger partial charge in [-0.25, -0.2) is 0 Å². The van der Waals surface area contributed by atoms with Crippen molar-refractivity contribution >= 4 is 43.1 Å². The molecule has 0 unspecified atom stereocenters. The largest absolute Gasteiger partial charge is 0.456 e. The molecule has 2 nitrogen and oxygen atoms in total. The van der Waals surface area contributed by atoms with Crippen LogP contribution in [0.5, 0.6) is 23.0 Å². The molecule has 14 aromatic carbocycles. The number of fused-ring (bicyclic) bond motifs is 8. The fourth-order valence-electron chi connectivity index (χ4n) is 13.9. The minimum atomic E-state index is -0.673. The van der Waals surface area contributed by atoms with E-state index in [9.17, 15) is 0 Å². The SMILES string of the molecule is c1ccc(C2(c3ccccc3)c3ccccc3Oc3c(-c4cccc5c(-c6ccc7cc8ccccc8cc7c6)c6cccc(-c7cccc8c7Oc7ccccc7C8(c7ccccc7)c7ccccc7)c6cc45)cccc32)cc1. The third-order valence-electron chi connectivity index (χ3n) is 17.3. The van der Waals surface area contributed by atoms with Crippen LogP contribution in [0.4, 0.5) is 0 Å². The molecule has 0 saturated heterocycles. The highest BCUT2D eigenvalue weighted by Crippen LogP contribution is 2.60. The molecule has 0 bridgehead atoms. The monoisotopic (exact) mass is 1020 g/mol. The van der Waals surface area contributed by atoms with Gasteiger partial charge in [0.2, 0.25) is 0 Å². The van der Waals surface area contributed by atoms with Crippen LogP contribution in [0.15, 0.2) is 303 Å². The zero-order valence-electron chi connectivity index (χ0n) is 43.7. The van der Waals surface area contributed by atoms with Crippen molar-refractivity contribution in [1.29, 1.82) is 0 Å². The number of ether oxygens (including phenoxy) is 2. The first-order chi connectivity index (χ1) is 39.7. The molecule has 14 aromatic rings. The van der Waals surface area contributed by atoms with Gasteiger partial charge in [-0.3, -0.25) is 0 Å². The number of hydrogen-bond acceptors (Lipinski definition) is 2. The smallest absolute Gasteiger partial charge is 0.140 e. The molecule has 0 amide bonds. The fraction of sp³-hybridized carbons (Fsp3) is 0.0256. The van der Waals surface area contributed by atoms with Crippen LogP contribution in [0.2, 0.25) is 0 Å². The van der Waals surface area contributed by atoms with Crippen LogP contribution in [0, 0.1) is 0 Å². The lowest BCUT2D eigenvalue weighted by molar-refractivity contribution is 0.436. The van der Waals surface area contributed by atoms with Crippen molar-refractivity contribution in [3.05, 3.63) is 348 Å². The molecule has 0 N–H and O–H groups in total. The molecule has 2 heterocycles. The normalized spacial score (nSPS) is 13.7. The Morgan fingerprint density at radius 1 is 0.225 bits per heavy atom. The Balaban J connectivity index is 1.00. The average molecular weight is 1020 g/mol. The van der Waals surface area contributed by atoms with Crippen molar-refractivity contribution < 1.29 is 9.47 Å². The molecule has 0 aliphatic carbocycles. The maximum atomic E-state index is 7.36. The number of rotatable bonds is 7. The van der Waals surface area contributed by atoms with Crippen LogP contribution >= 0.6 is 0 Å². The van der Waals surface area contributed by atoms with Gasteiger partial charge in [-0.2, -0.15) is 0 Å². The van der Waals surface area contributed by atoms with Crippen LogP contribution in [0.1, 0.15) is 44.5 Å². The summed E-state index contributed by atoms with van der Waals surface area (Å²) in [6.45, 7) is 0. The Labute approximate surface area is 465 Å². The predicted octanol–water partition coefficient (Wildman–Crippen LogP) is 20.3. The van der Waals surface area contributed by atoms with Gasteiger partial charge in [-0.15, -0.1) is 0 Å². The quantitative estimate of drug-likeness (QED) is 0.148. The summed E-state index contributed by atoms with van der Waals surface area (Å²) in [4.78, 5) is 0. The van der Waals surface area contributed by atoms with Gasteiger partial charge in [0.1, 0.15) is 23.0 Å². The highest BCUT2D eigenvalue weighted by atomic mass is 16.5. The lowest BCUT2D eigenvalue weighted by atomic mass is 9.63. The van der Waals surface area contributed by atoms with E-state index in [0.29, 0.717) is 0 Å². The van der Waals surface area contributed by atoms with Gasteiger partial charge in [0.25, 0.3) is 0 Å². The lowest BCUT2D eigenvalue weighted by Gasteiger charge is -2.42. The van der Waals surface area contributed by atoms with Crippen molar-refractivity contribution in [2.45, 2.75) is 10.8 Å². The summed E-state index contributed by atoms with van der Waals surface area (Å²) in [7, 11) is 0. The molecular weight excluding hydrogens is 969 g/mol. The molecule has 2 aliphatic heterocycles. The van der Waals surface area contributed by atoms with Gasteiger partial charge in [0.05, 0.1) is 10.8 Å². The third kappa shape index (κ3) is 6.73. The molecule has 2 aliphatic rings. The topological polar surface area (TPSA) is 18.5 Å². The second kappa shape index (κ2) is 18.2. The second-order valence-corrected chi connectivity index (χ2v) is 21.3. The maximum Gasteiger partial charge on any atom is 0.140 e. The van der Waals surface area contributed by atoms with Crippen molar-refractivity contribution in [2.75, 3.05) is 0 Å². The minimum Gasteiger partial charge on any atom is -0.456 e. The standard InChI is InChI=1S/C78H50O2/c1-5-25-56(26-6-1)77(57-27-7-2-8-28-57)68-39-15-17-43-72(68)79-75-64(37-21-41-70(75)77)60-33-19-35-62-66(60)50-67-61(34-20-36-63(67)74(62)54-46-45-53-47-51-23-13-14-24-52(51)48-55(53)49-54)65-38-22-42-71-76(65)80-73-44-18-16-40-69(73)78(71,58-29-9-3-10-30-58)59-31-11-4-12-32-59/h1-50H. The van der Waals surface area contributed by atoms with Gasteiger partial charge in [0, 0.05) is 33.4 Å². The number of hydrogen-bond donors (Lipinski definition) is 0. The predicted molar refractivity (Wildman–Crippen MR) is 330 cm³/mol. The van der Waals surface area contributed by atoms with E-state index in [1.54, 1.807) is 0 Å². The van der Waals surface area contributed by atoms with Crippen molar-refractivity contribution in [2.24, 2.45) is 0 Å². The van der Waals surface area contributed by atoms with Crippen molar-refractivity contribution in [3.63, 3.8) is 0 Å². The van der Waals surface area contributed by atoms with E-state index in [1.165, 1.54) is 49.4 Å². The molecule has 0 spiro atoms. The van der Waals surface area contributed by atoms with Crippen LogP contribution in [0.25, 0.3) is 76.5 Å². The summed E-state index contributed by atoms with van der Waals surface area (Å²) in [5.41, 5.74) is 14.4. The van der Waals surface area contributed by atoms with Gasteiger partial charge >= 0.3 is 0 Å². The molecule has 0 radical (unpaired) electrons. The third-order valence-corrected chi connectivity index (χ3v) is 17.3. The van der Waals surface area contributed by atoms with Gasteiger partial charge in [-0.1, -0.05) is 267 Å². The molecule has 0 saturated carbocycles. The average Bonchev–Trinajstić information content (AvgIpc) is 3.69. The Morgan fingerprint density at radius 3 is 1.05 bits per heavy atom. The highest BCUT2D eigenvalue weighted by Gasteiger charge is 2.47. The molecule has 374 valence electrons. The molecule has 2 heteroatoms. The zero-order valence-corrected chi connectivity index (χ0v) is 43.7. The van der Waals surface area contributed by atoms with E-state index < -0.39 is 10.8 Å². The van der Waals surface area contributed by atoms with Crippen molar-refractivity contribution in [1.82, 2.24) is 0 Å².